The second kappa shape index (κ2) is 8.44. The molecule has 17 heavy (non-hydrogen) atoms. The van der Waals surface area contributed by atoms with Crippen molar-refractivity contribution in [2.75, 3.05) is 26.8 Å². The highest BCUT2D eigenvalue weighted by atomic mass is 16.5. The fourth-order valence-corrected chi connectivity index (χ4v) is 2.09. The van der Waals surface area contributed by atoms with Crippen molar-refractivity contribution in [3.63, 3.8) is 0 Å². The van der Waals surface area contributed by atoms with Gasteiger partial charge in [0.15, 0.2) is 0 Å². The zero-order valence-corrected chi connectivity index (χ0v) is 10.7. The van der Waals surface area contributed by atoms with E-state index in [0.29, 0.717) is 31.7 Å². The van der Waals surface area contributed by atoms with Crippen molar-refractivity contribution in [3.05, 3.63) is 0 Å². The van der Waals surface area contributed by atoms with Crippen LogP contribution in [-0.2, 0) is 9.53 Å². The van der Waals surface area contributed by atoms with Crippen LogP contribution in [0.3, 0.4) is 0 Å². The van der Waals surface area contributed by atoms with Gasteiger partial charge >= 0.3 is 0 Å². The predicted molar refractivity (Wildman–Crippen MR) is 67.7 cm³/mol. The van der Waals surface area contributed by atoms with Gasteiger partial charge in [-0.15, -0.1) is 0 Å². The minimum atomic E-state index is 0.0852. The summed E-state index contributed by atoms with van der Waals surface area (Å²) in [6.45, 7) is 1.91. The summed E-state index contributed by atoms with van der Waals surface area (Å²) >= 11 is 0. The number of hydrogen-bond acceptors (Lipinski definition) is 4. The molecule has 0 aliphatic heterocycles. The Morgan fingerprint density at radius 1 is 1.29 bits per heavy atom. The lowest BCUT2D eigenvalue weighted by atomic mass is 9.92. The molecule has 0 spiro atoms. The number of amides is 1. The van der Waals surface area contributed by atoms with Gasteiger partial charge in [0, 0.05) is 38.7 Å². The van der Waals surface area contributed by atoms with Gasteiger partial charge in [0.05, 0.1) is 6.61 Å². The van der Waals surface area contributed by atoms with E-state index >= 15 is 0 Å². The largest absolute Gasteiger partial charge is 0.383 e. The van der Waals surface area contributed by atoms with Crippen molar-refractivity contribution in [2.24, 2.45) is 5.73 Å². The van der Waals surface area contributed by atoms with Gasteiger partial charge in [-0.05, 0) is 25.7 Å². The summed E-state index contributed by atoms with van der Waals surface area (Å²) in [4.78, 5) is 11.4. The Morgan fingerprint density at radius 3 is 2.65 bits per heavy atom. The molecule has 1 amide bonds. The fraction of sp³-hybridized carbons (Fsp3) is 0.917. The molecule has 4 N–H and O–H groups in total. The number of carbonyl (C=O) groups excluding carboxylic acids is 1. The van der Waals surface area contributed by atoms with Crippen LogP contribution in [0.4, 0.5) is 0 Å². The first-order chi connectivity index (χ1) is 8.22. The maximum absolute atomic E-state index is 11.4. The van der Waals surface area contributed by atoms with Gasteiger partial charge in [0.25, 0.3) is 0 Å². The molecule has 1 rings (SSSR count). The molecule has 0 atom stereocenters. The molecule has 0 saturated heterocycles. The van der Waals surface area contributed by atoms with E-state index in [9.17, 15) is 4.79 Å². The molecule has 0 aromatic heterocycles. The van der Waals surface area contributed by atoms with Crippen LogP contribution in [0.1, 0.15) is 32.1 Å². The number of rotatable bonds is 7. The molecule has 0 heterocycles. The van der Waals surface area contributed by atoms with Crippen molar-refractivity contribution in [1.82, 2.24) is 10.6 Å². The van der Waals surface area contributed by atoms with E-state index in [1.807, 2.05) is 0 Å². The summed E-state index contributed by atoms with van der Waals surface area (Å²) in [5.74, 6) is 0.0852. The summed E-state index contributed by atoms with van der Waals surface area (Å²) in [5.41, 5.74) is 5.84. The number of ether oxygens (including phenoxy) is 1. The first-order valence-corrected chi connectivity index (χ1v) is 6.47. The molecule has 0 aromatic rings. The maximum atomic E-state index is 11.4. The maximum Gasteiger partial charge on any atom is 0.221 e. The number of carbonyl (C=O) groups is 1. The van der Waals surface area contributed by atoms with Crippen LogP contribution in [0.2, 0.25) is 0 Å². The Morgan fingerprint density at radius 2 is 2.00 bits per heavy atom. The van der Waals surface area contributed by atoms with Gasteiger partial charge in [-0.1, -0.05) is 0 Å². The fourth-order valence-electron chi connectivity index (χ4n) is 2.09. The van der Waals surface area contributed by atoms with Gasteiger partial charge < -0.3 is 21.1 Å². The average Bonchev–Trinajstić information content (AvgIpc) is 2.32. The lowest BCUT2D eigenvalue weighted by Crippen LogP contribution is -2.39. The van der Waals surface area contributed by atoms with E-state index in [4.69, 9.17) is 10.5 Å². The average molecular weight is 243 g/mol. The van der Waals surface area contributed by atoms with Crippen LogP contribution in [0.25, 0.3) is 0 Å². The van der Waals surface area contributed by atoms with E-state index < -0.39 is 0 Å². The van der Waals surface area contributed by atoms with Crippen LogP contribution in [0.5, 0.6) is 0 Å². The Hall–Kier alpha value is -0.650. The Labute approximate surface area is 103 Å². The predicted octanol–water partition coefficient (Wildman–Crippen LogP) is -0.00140. The number of methoxy groups -OCH3 is 1. The van der Waals surface area contributed by atoms with Crippen molar-refractivity contribution in [3.8, 4) is 0 Å². The van der Waals surface area contributed by atoms with E-state index in [-0.39, 0.29) is 5.91 Å². The smallest absolute Gasteiger partial charge is 0.221 e. The minimum absolute atomic E-state index is 0.0852. The van der Waals surface area contributed by atoms with Crippen molar-refractivity contribution < 1.29 is 9.53 Å². The first kappa shape index (κ1) is 14.4. The normalized spacial score (nSPS) is 24.6. The molecule has 1 saturated carbocycles. The zero-order valence-electron chi connectivity index (χ0n) is 10.7. The van der Waals surface area contributed by atoms with Crippen LogP contribution in [-0.4, -0.2) is 44.8 Å². The van der Waals surface area contributed by atoms with E-state index in [2.05, 4.69) is 10.6 Å². The highest BCUT2D eigenvalue weighted by Gasteiger charge is 2.17. The Bertz CT molecular complexity index is 216. The standard InChI is InChI=1S/C12H25N3O2/c1-17-9-8-15-12(16)6-7-14-11-4-2-10(13)3-5-11/h10-11,14H,2-9,13H2,1H3,(H,15,16). The lowest BCUT2D eigenvalue weighted by Gasteiger charge is -2.26. The third kappa shape index (κ3) is 6.61. The summed E-state index contributed by atoms with van der Waals surface area (Å²) in [6.07, 6.45) is 4.99. The van der Waals surface area contributed by atoms with E-state index in [0.717, 1.165) is 32.2 Å². The van der Waals surface area contributed by atoms with Crippen molar-refractivity contribution >= 4 is 5.91 Å². The van der Waals surface area contributed by atoms with Gasteiger partial charge in [0.2, 0.25) is 5.91 Å². The van der Waals surface area contributed by atoms with Gasteiger partial charge in [-0.2, -0.15) is 0 Å². The molecule has 100 valence electrons. The number of nitrogens with two attached hydrogens (primary N) is 1. The van der Waals surface area contributed by atoms with Gasteiger partial charge in [-0.25, -0.2) is 0 Å². The van der Waals surface area contributed by atoms with E-state index in [1.54, 1.807) is 7.11 Å². The highest BCUT2D eigenvalue weighted by Crippen LogP contribution is 2.16. The second-order valence-electron chi connectivity index (χ2n) is 4.66. The van der Waals surface area contributed by atoms with Gasteiger partial charge in [-0.3, -0.25) is 4.79 Å². The van der Waals surface area contributed by atoms with Crippen molar-refractivity contribution in [2.45, 2.75) is 44.2 Å². The summed E-state index contributed by atoms with van der Waals surface area (Å²) in [5, 5.41) is 6.22. The first-order valence-electron chi connectivity index (χ1n) is 6.47. The van der Waals surface area contributed by atoms with Crippen LogP contribution in [0, 0.1) is 0 Å². The molecular formula is C12H25N3O2. The lowest BCUT2D eigenvalue weighted by molar-refractivity contribution is -0.121. The molecule has 0 radical (unpaired) electrons. The highest BCUT2D eigenvalue weighted by molar-refractivity contribution is 5.76. The molecule has 0 aromatic carbocycles. The molecule has 1 fully saturated rings. The molecule has 1 aliphatic carbocycles. The van der Waals surface area contributed by atoms with Gasteiger partial charge in [0.1, 0.15) is 0 Å². The third-order valence-electron chi connectivity index (χ3n) is 3.19. The van der Waals surface area contributed by atoms with Crippen LogP contribution in [0.15, 0.2) is 0 Å². The molecule has 0 bridgehead atoms. The molecule has 5 nitrogen and oxygen atoms in total. The number of nitrogens with one attached hydrogen (secondary N) is 2. The minimum Gasteiger partial charge on any atom is -0.383 e. The second-order valence-corrected chi connectivity index (χ2v) is 4.66. The van der Waals surface area contributed by atoms with Crippen molar-refractivity contribution in [1.29, 1.82) is 0 Å². The summed E-state index contributed by atoms with van der Waals surface area (Å²) in [7, 11) is 1.63. The SMILES string of the molecule is COCCNC(=O)CCNC1CCC(N)CC1. The van der Waals surface area contributed by atoms with E-state index in [1.165, 1.54) is 0 Å². The summed E-state index contributed by atoms with van der Waals surface area (Å²) < 4.78 is 4.86. The Kier molecular flexibility index (Phi) is 7.16. The molecule has 5 heteroatoms. The molecule has 1 aliphatic rings. The number of hydrogen-bond donors (Lipinski definition) is 3. The monoisotopic (exact) mass is 243 g/mol. The topological polar surface area (TPSA) is 76.4 Å². The van der Waals surface area contributed by atoms with Crippen LogP contribution >= 0.6 is 0 Å². The quantitative estimate of drug-likeness (QED) is 0.550. The third-order valence-corrected chi connectivity index (χ3v) is 3.19. The Balaban J connectivity index is 1.97. The zero-order chi connectivity index (χ0) is 12.5. The molecular weight excluding hydrogens is 218 g/mol. The molecule has 0 unspecified atom stereocenters. The van der Waals surface area contributed by atoms with Crippen LogP contribution < -0.4 is 16.4 Å². The summed E-state index contributed by atoms with van der Waals surface area (Å²) in [6, 6.07) is 0.923.